The molecule has 16 heavy (non-hydrogen) atoms. The van der Waals surface area contributed by atoms with Gasteiger partial charge in [0.15, 0.2) is 0 Å². The number of aliphatic hydroxyl groups excluding tert-OH is 1. The summed E-state index contributed by atoms with van der Waals surface area (Å²) in [4.78, 5) is 0. The van der Waals surface area contributed by atoms with Gasteiger partial charge in [-0.2, -0.15) is 0 Å². The molecular weight excluding hydrogens is 204 g/mol. The highest BCUT2D eigenvalue weighted by Gasteiger charge is 2.37. The second-order valence-corrected chi connectivity index (χ2v) is 5.43. The smallest absolute Gasteiger partial charge is 0.0912 e. The number of hydrogen-bond donors (Lipinski definition) is 1. The zero-order valence-electron chi connectivity index (χ0n) is 10.3. The van der Waals surface area contributed by atoms with Crippen molar-refractivity contribution in [1.82, 2.24) is 0 Å². The first kappa shape index (κ1) is 12.3. The molecule has 0 aromatic rings. The predicted octanol–water partition coefficient (Wildman–Crippen LogP) is 2.12. The van der Waals surface area contributed by atoms with Gasteiger partial charge in [-0.15, -0.1) is 0 Å². The summed E-state index contributed by atoms with van der Waals surface area (Å²) >= 11 is 0. The molecule has 2 saturated heterocycles. The van der Waals surface area contributed by atoms with E-state index in [4.69, 9.17) is 9.47 Å². The van der Waals surface area contributed by atoms with E-state index in [1.165, 1.54) is 6.42 Å². The predicted molar refractivity (Wildman–Crippen MR) is 62.4 cm³/mol. The molecule has 2 aliphatic heterocycles. The standard InChI is InChI=1S/C13H24O3/c1-13(6-2-3-7-16-13)12(14)10-11-4-8-15-9-5-11/h11-12,14H,2-10H2,1H3. The molecule has 2 rings (SSSR count). The lowest BCUT2D eigenvalue weighted by molar-refractivity contribution is -0.143. The molecule has 0 aromatic carbocycles. The Morgan fingerprint density at radius 1 is 1.25 bits per heavy atom. The molecule has 2 unspecified atom stereocenters. The molecule has 0 aromatic heterocycles. The zero-order chi connectivity index (χ0) is 11.4. The van der Waals surface area contributed by atoms with Crippen molar-refractivity contribution in [3.8, 4) is 0 Å². The largest absolute Gasteiger partial charge is 0.390 e. The second kappa shape index (κ2) is 5.48. The van der Waals surface area contributed by atoms with Gasteiger partial charge in [0.2, 0.25) is 0 Å². The van der Waals surface area contributed by atoms with Crippen molar-refractivity contribution >= 4 is 0 Å². The first-order chi connectivity index (χ1) is 7.71. The minimum Gasteiger partial charge on any atom is -0.390 e. The third-order valence-electron chi connectivity index (χ3n) is 4.10. The summed E-state index contributed by atoms with van der Waals surface area (Å²) in [5, 5.41) is 10.3. The molecule has 2 aliphatic rings. The van der Waals surface area contributed by atoms with Crippen molar-refractivity contribution in [2.45, 2.75) is 57.2 Å². The van der Waals surface area contributed by atoms with E-state index in [1.54, 1.807) is 0 Å². The minimum atomic E-state index is -0.309. The van der Waals surface area contributed by atoms with E-state index < -0.39 is 0 Å². The van der Waals surface area contributed by atoms with Crippen molar-refractivity contribution in [3.05, 3.63) is 0 Å². The van der Waals surface area contributed by atoms with Gasteiger partial charge in [0.1, 0.15) is 0 Å². The minimum absolute atomic E-state index is 0.295. The monoisotopic (exact) mass is 228 g/mol. The maximum absolute atomic E-state index is 10.3. The Morgan fingerprint density at radius 2 is 2.00 bits per heavy atom. The average molecular weight is 228 g/mol. The van der Waals surface area contributed by atoms with Gasteiger partial charge in [-0.05, 0) is 51.4 Å². The summed E-state index contributed by atoms with van der Waals surface area (Å²) < 4.78 is 11.1. The summed E-state index contributed by atoms with van der Waals surface area (Å²) in [6.07, 6.45) is 6.06. The quantitative estimate of drug-likeness (QED) is 0.804. The van der Waals surface area contributed by atoms with E-state index in [1.807, 2.05) is 0 Å². The molecule has 0 amide bonds. The number of aliphatic hydroxyl groups is 1. The Morgan fingerprint density at radius 3 is 2.62 bits per heavy atom. The Kier molecular flexibility index (Phi) is 4.22. The van der Waals surface area contributed by atoms with E-state index in [9.17, 15) is 5.11 Å². The van der Waals surface area contributed by atoms with Crippen LogP contribution in [0.3, 0.4) is 0 Å². The van der Waals surface area contributed by atoms with Gasteiger partial charge < -0.3 is 14.6 Å². The van der Waals surface area contributed by atoms with Crippen LogP contribution in [0.15, 0.2) is 0 Å². The van der Waals surface area contributed by atoms with Crippen LogP contribution in [-0.2, 0) is 9.47 Å². The van der Waals surface area contributed by atoms with Crippen molar-refractivity contribution < 1.29 is 14.6 Å². The molecular formula is C13H24O3. The molecule has 0 spiro atoms. The van der Waals surface area contributed by atoms with Crippen molar-refractivity contribution in [1.29, 1.82) is 0 Å². The van der Waals surface area contributed by atoms with Gasteiger partial charge in [0.25, 0.3) is 0 Å². The maximum atomic E-state index is 10.3. The molecule has 0 saturated carbocycles. The van der Waals surface area contributed by atoms with Gasteiger partial charge in [-0.3, -0.25) is 0 Å². The Balaban J connectivity index is 1.83. The molecule has 3 heteroatoms. The second-order valence-electron chi connectivity index (χ2n) is 5.43. The maximum Gasteiger partial charge on any atom is 0.0912 e. The molecule has 2 fully saturated rings. The molecule has 1 N–H and O–H groups in total. The van der Waals surface area contributed by atoms with Crippen molar-refractivity contribution in [2.75, 3.05) is 19.8 Å². The van der Waals surface area contributed by atoms with Crippen LogP contribution in [0.1, 0.15) is 45.4 Å². The van der Waals surface area contributed by atoms with Crippen LogP contribution in [0.2, 0.25) is 0 Å². The molecule has 2 atom stereocenters. The number of rotatable bonds is 3. The van der Waals surface area contributed by atoms with Crippen LogP contribution in [-0.4, -0.2) is 36.6 Å². The zero-order valence-corrected chi connectivity index (χ0v) is 10.3. The van der Waals surface area contributed by atoms with E-state index in [-0.39, 0.29) is 11.7 Å². The number of ether oxygens (including phenoxy) is 2. The van der Waals surface area contributed by atoms with Crippen LogP contribution in [0.5, 0.6) is 0 Å². The highest BCUT2D eigenvalue weighted by molar-refractivity contribution is 4.87. The van der Waals surface area contributed by atoms with Gasteiger partial charge in [0, 0.05) is 19.8 Å². The Bertz CT molecular complexity index is 205. The van der Waals surface area contributed by atoms with Gasteiger partial charge in [0.05, 0.1) is 11.7 Å². The first-order valence-electron chi connectivity index (χ1n) is 6.60. The van der Waals surface area contributed by atoms with Crippen LogP contribution in [0, 0.1) is 5.92 Å². The first-order valence-corrected chi connectivity index (χ1v) is 6.60. The third kappa shape index (κ3) is 2.96. The lowest BCUT2D eigenvalue weighted by atomic mass is 9.83. The highest BCUT2D eigenvalue weighted by Crippen LogP contribution is 2.32. The Hall–Kier alpha value is -0.120. The third-order valence-corrected chi connectivity index (χ3v) is 4.10. The molecule has 2 heterocycles. The van der Waals surface area contributed by atoms with Gasteiger partial charge in [-0.1, -0.05) is 0 Å². The number of hydrogen-bond acceptors (Lipinski definition) is 3. The highest BCUT2D eigenvalue weighted by atomic mass is 16.5. The summed E-state index contributed by atoms with van der Waals surface area (Å²) in [5.41, 5.74) is -0.295. The summed E-state index contributed by atoms with van der Waals surface area (Å²) in [6, 6.07) is 0. The van der Waals surface area contributed by atoms with E-state index in [2.05, 4.69) is 6.92 Å². The van der Waals surface area contributed by atoms with Crippen LogP contribution < -0.4 is 0 Å². The van der Waals surface area contributed by atoms with Crippen molar-refractivity contribution in [2.24, 2.45) is 5.92 Å². The normalized spacial score (nSPS) is 34.9. The molecule has 3 nitrogen and oxygen atoms in total. The molecule has 0 aliphatic carbocycles. The van der Waals surface area contributed by atoms with Crippen molar-refractivity contribution in [3.63, 3.8) is 0 Å². The van der Waals surface area contributed by atoms with Gasteiger partial charge >= 0.3 is 0 Å². The fourth-order valence-electron chi connectivity index (χ4n) is 2.77. The topological polar surface area (TPSA) is 38.7 Å². The molecule has 0 bridgehead atoms. The molecule has 94 valence electrons. The van der Waals surface area contributed by atoms with E-state index in [0.717, 1.165) is 51.9 Å². The van der Waals surface area contributed by atoms with E-state index >= 15 is 0 Å². The van der Waals surface area contributed by atoms with Gasteiger partial charge in [-0.25, -0.2) is 0 Å². The van der Waals surface area contributed by atoms with E-state index in [0.29, 0.717) is 5.92 Å². The lowest BCUT2D eigenvalue weighted by Gasteiger charge is -2.39. The van der Waals surface area contributed by atoms with Crippen LogP contribution in [0.4, 0.5) is 0 Å². The van der Waals surface area contributed by atoms with Crippen LogP contribution >= 0.6 is 0 Å². The van der Waals surface area contributed by atoms with Crippen LogP contribution in [0.25, 0.3) is 0 Å². The summed E-state index contributed by atoms with van der Waals surface area (Å²) in [7, 11) is 0. The SMILES string of the molecule is CC1(C(O)CC2CCOCC2)CCCCO1. The lowest BCUT2D eigenvalue weighted by Crippen LogP contribution is -2.45. The fourth-order valence-corrected chi connectivity index (χ4v) is 2.77. The fraction of sp³-hybridized carbons (Fsp3) is 1.00. The summed E-state index contributed by atoms with van der Waals surface area (Å²) in [5.74, 6) is 0.617. The summed E-state index contributed by atoms with van der Waals surface area (Å²) in [6.45, 7) is 4.58. The Labute approximate surface area is 98.1 Å². The average Bonchev–Trinajstić information content (AvgIpc) is 2.31. The molecule has 0 radical (unpaired) electrons.